The molecule has 0 aliphatic carbocycles. The van der Waals surface area contributed by atoms with Crippen LogP contribution in [-0.4, -0.2) is 44.0 Å². The number of likely N-dealkylation sites (N-methyl/N-ethyl adjacent to an activating group) is 2. The Kier molecular flexibility index (Phi) is 6.50. The maximum absolute atomic E-state index is 4.01. The van der Waals surface area contributed by atoms with Crippen molar-refractivity contribution in [2.24, 2.45) is 0 Å². The molecule has 0 atom stereocenters. The van der Waals surface area contributed by atoms with E-state index in [0.29, 0.717) is 0 Å². The molecule has 0 spiro atoms. The van der Waals surface area contributed by atoms with Gasteiger partial charge >= 0.3 is 0 Å². The molecule has 0 bridgehead atoms. The molecule has 0 amide bonds. The summed E-state index contributed by atoms with van der Waals surface area (Å²) in [5.41, 5.74) is 2.92. The Bertz CT molecular complexity index is 298. The van der Waals surface area contributed by atoms with Gasteiger partial charge in [-0.2, -0.15) is 0 Å². The smallest absolute Gasteiger partial charge is 0.0302 e. The third-order valence-corrected chi connectivity index (χ3v) is 2.40. The predicted molar refractivity (Wildman–Crippen MR) is 73.4 cm³/mol. The molecule has 0 heterocycles. The van der Waals surface area contributed by atoms with Crippen LogP contribution in [0.2, 0.25) is 0 Å². The highest BCUT2D eigenvalue weighted by molar-refractivity contribution is 5.36. The molecule has 16 heavy (non-hydrogen) atoms. The molecule has 0 unspecified atom stereocenters. The SMILES string of the molecule is C=C(C)C(=C)/C=C\C(=C)N(C)CCN(C)C. The van der Waals surface area contributed by atoms with E-state index in [1.807, 2.05) is 26.1 Å². The van der Waals surface area contributed by atoms with Gasteiger partial charge in [-0.1, -0.05) is 31.4 Å². The number of hydrogen-bond donors (Lipinski definition) is 0. The monoisotopic (exact) mass is 220 g/mol. The van der Waals surface area contributed by atoms with Gasteiger partial charge in [0.1, 0.15) is 0 Å². The van der Waals surface area contributed by atoms with Gasteiger partial charge in [0, 0.05) is 25.8 Å². The van der Waals surface area contributed by atoms with Gasteiger partial charge in [-0.15, -0.1) is 0 Å². The third kappa shape index (κ3) is 6.25. The first kappa shape index (κ1) is 14.7. The van der Waals surface area contributed by atoms with Gasteiger partial charge in [0.25, 0.3) is 0 Å². The maximum Gasteiger partial charge on any atom is 0.0302 e. The molecule has 0 aliphatic heterocycles. The van der Waals surface area contributed by atoms with Crippen LogP contribution in [0.15, 0.2) is 48.7 Å². The van der Waals surface area contributed by atoms with Gasteiger partial charge in [-0.05, 0) is 32.7 Å². The zero-order valence-electron chi connectivity index (χ0n) is 11.1. The van der Waals surface area contributed by atoms with Crippen LogP contribution in [0.5, 0.6) is 0 Å². The molecule has 0 fully saturated rings. The van der Waals surface area contributed by atoms with E-state index in [1.165, 1.54) is 0 Å². The van der Waals surface area contributed by atoms with Crippen LogP contribution in [0, 0.1) is 0 Å². The number of rotatable bonds is 7. The molecule has 0 aliphatic rings. The van der Waals surface area contributed by atoms with Crippen molar-refractivity contribution >= 4 is 0 Å². The summed E-state index contributed by atoms with van der Waals surface area (Å²) in [5.74, 6) is 0. The summed E-state index contributed by atoms with van der Waals surface area (Å²) in [4.78, 5) is 4.28. The summed E-state index contributed by atoms with van der Waals surface area (Å²) in [6, 6.07) is 0. The van der Waals surface area contributed by atoms with E-state index >= 15 is 0 Å². The van der Waals surface area contributed by atoms with Crippen molar-refractivity contribution in [2.75, 3.05) is 34.2 Å². The van der Waals surface area contributed by atoms with Crippen molar-refractivity contribution in [1.82, 2.24) is 9.80 Å². The molecule has 2 nitrogen and oxygen atoms in total. The van der Waals surface area contributed by atoms with E-state index in [4.69, 9.17) is 0 Å². The normalized spacial score (nSPS) is 10.8. The molecule has 0 aromatic rings. The van der Waals surface area contributed by atoms with E-state index in [0.717, 1.165) is 29.9 Å². The molecule has 0 saturated carbocycles. The van der Waals surface area contributed by atoms with Gasteiger partial charge in [0.05, 0.1) is 0 Å². The van der Waals surface area contributed by atoms with Gasteiger partial charge in [-0.25, -0.2) is 0 Å². The minimum Gasteiger partial charge on any atom is -0.374 e. The Morgan fingerprint density at radius 1 is 1.00 bits per heavy atom. The maximum atomic E-state index is 4.01. The highest BCUT2D eigenvalue weighted by Crippen LogP contribution is 2.08. The Balaban J connectivity index is 4.15. The first-order valence-corrected chi connectivity index (χ1v) is 5.42. The van der Waals surface area contributed by atoms with Crippen LogP contribution in [-0.2, 0) is 0 Å². The Morgan fingerprint density at radius 2 is 1.56 bits per heavy atom. The van der Waals surface area contributed by atoms with Crippen LogP contribution in [0.3, 0.4) is 0 Å². The second-order valence-corrected chi connectivity index (χ2v) is 4.36. The lowest BCUT2D eigenvalue weighted by atomic mass is 10.1. The second-order valence-electron chi connectivity index (χ2n) is 4.36. The molecule has 0 saturated heterocycles. The first-order chi connectivity index (χ1) is 7.34. The van der Waals surface area contributed by atoms with Gasteiger partial charge in [0.15, 0.2) is 0 Å². The second kappa shape index (κ2) is 7.07. The molecule has 0 aromatic carbocycles. The summed E-state index contributed by atoms with van der Waals surface area (Å²) in [7, 11) is 6.17. The van der Waals surface area contributed by atoms with Gasteiger partial charge in [0.2, 0.25) is 0 Å². The van der Waals surface area contributed by atoms with E-state index < -0.39 is 0 Å². The Morgan fingerprint density at radius 3 is 2.00 bits per heavy atom. The van der Waals surface area contributed by atoms with Crippen molar-refractivity contribution < 1.29 is 0 Å². The number of hydrogen-bond acceptors (Lipinski definition) is 2. The van der Waals surface area contributed by atoms with E-state index in [-0.39, 0.29) is 0 Å². The van der Waals surface area contributed by atoms with Crippen LogP contribution >= 0.6 is 0 Å². The largest absolute Gasteiger partial charge is 0.374 e. The molecular weight excluding hydrogens is 196 g/mol. The Hall–Kier alpha value is -1.28. The lowest BCUT2D eigenvalue weighted by Gasteiger charge is -2.21. The highest BCUT2D eigenvalue weighted by atomic mass is 15.2. The Labute approximate surface area is 100 Å². The van der Waals surface area contributed by atoms with E-state index in [1.54, 1.807) is 0 Å². The zero-order chi connectivity index (χ0) is 12.7. The minimum atomic E-state index is 0.946. The summed E-state index contributed by atoms with van der Waals surface area (Å²) in [5, 5.41) is 0. The zero-order valence-corrected chi connectivity index (χ0v) is 11.1. The molecule has 90 valence electrons. The lowest BCUT2D eigenvalue weighted by Crippen LogP contribution is -2.27. The van der Waals surface area contributed by atoms with Crippen molar-refractivity contribution in [3.05, 3.63) is 48.7 Å². The molecule has 0 N–H and O–H groups in total. The number of nitrogens with zero attached hydrogens (tertiary/aromatic N) is 2. The average molecular weight is 220 g/mol. The van der Waals surface area contributed by atoms with Gasteiger partial charge in [-0.3, -0.25) is 0 Å². The fourth-order valence-corrected chi connectivity index (χ4v) is 0.960. The predicted octanol–water partition coefficient (Wildman–Crippen LogP) is 2.68. The molecule has 0 aromatic heterocycles. The fraction of sp³-hybridized carbons (Fsp3) is 0.429. The van der Waals surface area contributed by atoms with Crippen LogP contribution < -0.4 is 0 Å². The summed E-state index contributed by atoms with van der Waals surface area (Å²) >= 11 is 0. The lowest BCUT2D eigenvalue weighted by molar-refractivity contribution is 0.331. The number of allylic oxidation sites excluding steroid dienone is 4. The molecule has 2 heteroatoms. The summed E-state index contributed by atoms with van der Waals surface area (Å²) in [6.45, 7) is 15.7. The highest BCUT2D eigenvalue weighted by Gasteiger charge is 1.99. The summed E-state index contributed by atoms with van der Waals surface area (Å²) in [6.07, 6.45) is 3.93. The standard InChI is InChI=1S/C14H24N2/c1-12(2)13(3)8-9-14(4)16(7)11-10-15(5)6/h8-9H,1,3-4,10-11H2,2,5-7H3/b9-8-. The molecule has 0 radical (unpaired) electrons. The van der Waals surface area contributed by atoms with Crippen LogP contribution in [0.25, 0.3) is 0 Å². The van der Waals surface area contributed by atoms with Crippen molar-refractivity contribution in [3.63, 3.8) is 0 Å². The van der Waals surface area contributed by atoms with Crippen molar-refractivity contribution in [3.8, 4) is 0 Å². The third-order valence-electron chi connectivity index (χ3n) is 2.40. The topological polar surface area (TPSA) is 6.48 Å². The average Bonchev–Trinajstić information content (AvgIpc) is 2.21. The molecular formula is C14H24N2. The molecule has 0 rings (SSSR count). The van der Waals surface area contributed by atoms with Gasteiger partial charge < -0.3 is 9.80 Å². The first-order valence-electron chi connectivity index (χ1n) is 5.42. The van der Waals surface area contributed by atoms with E-state index in [9.17, 15) is 0 Å². The minimum absolute atomic E-state index is 0.946. The fourth-order valence-electron chi connectivity index (χ4n) is 0.960. The quantitative estimate of drug-likeness (QED) is 0.609. The van der Waals surface area contributed by atoms with Crippen LogP contribution in [0.1, 0.15) is 6.92 Å². The van der Waals surface area contributed by atoms with Crippen LogP contribution in [0.4, 0.5) is 0 Å². The van der Waals surface area contributed by atoms with Crippen molar-refractivity contribution in [2.45, 2.75) is 6.92 Å². The summed E-state index contributed by atoms with van der Waals surface area (Å²) < 4.78 is 0. The van der Waals surface area contributed by atoms with Crippen molar-refractivity contribution in [1.29, 1.82) is 0 Å². The van der Waals surface area contributed by atoms with E-state index in [2.05, 4.69) is 43.6 Å².